The van der Waals surface area contributed by atoms with Crippen molar-refractivity contribution in [1.29, 1.82) is 0 Å². The molecule has 436 valence electrons. The molecular weight excluding hydrogens is 1130 g/mol. The third-order valence-electron chi connectivity index (χ3n) is 15.4. The Hall–Kier alpha value is -9.32. The normalized spacial score (nSPS) is 12.8. The number of H-pyrrole nitrogens is 2. The maximum Gasteiger partial charge on any atom is 0.321 e. The first-order valence-electron chi connectivity index (χ1n) is 28.0. The molecular formula is C68H62Cl2N8O8. The Morgan fingerprint density at radius 1 is 0.581 bits per heavy atom. The fraction of sp³-hybridized carbons (Fsp3) is 0.206. The maximum atomic E-state index is 12.7. The molecule has 2 atom stereocenters. The van der Waals surface area contributed by atoms with E-state index in [9.17, 15) is 19.8 Å². The van der Waals surface area contributed by atoms with Crippen LogP contribution in [0.4, 0.5) is 0 Å². The van der Waals surface area contributed by atoms with Crippen LogP contribution in [-0.2, 0) is 61.9 Å². The van der Waals surface area contributed by atoms with Gasteiger partial charge in [-0.05, 0) is 94.8 Å². The van der Waals surface area contributed by atoms with Crippen molar-refractivity contribution in [2.45, 2.75) is 78.3 Å². The van der Waals surface area contributed by atoms with Gasteiger partial charge in [0.1, 0.15) is 61.5 Å². The van der Waals surface area contributed by atoms with E-state index in [2.05, 4.69) is 66.5 Å². The summed E-state index contributed by atoms with van der Waals surface area (Å²) in [4.78, 5) is 49.1. The first-order valence-corrected chi connectivity index (χ1v) is 28.8. The van der Waals surface area contributed by atoms with E-state index in [1.165, 1.54) is 0 Å². The zero-order chi connectivity index (χ0) is 59.7. The van der Waals surface area contributed by atoms with Crippen molar-refractivity contribution in [3.63, 3.8) is 0 Å². The molecule has 0 saturated heterocycles. The summed E-state index contributed by atoms with van der Waals surface area (Å²) in [6.07, 6.45) is 12.9. The van der Waals surface area contributed by atoms with Crippen molar-refractivity contribution in [2.24, 2.45) is 9.98 Å². The molecule has 16 nitrogen and oxygen atoms in total. The molecule has 0 saturated carbocycles. The minimum Gasteiger partial charge on any atom is -0.488 e. The molecule has 0 spiro atoms. The van der Waals surface area contributed by atoms with Crippen molar-refractivity contribution in [1.82, 2.24) is 30.6 Å². The van der Waals surface area contributed by atoms with E-state index in [1.54, 1.807) is 62.3 Å². The topological polar surface area (TPSA) is 218 Å². The number of pyridine rings is 2. The number of carboxylic acid groups (broad SMARTS) is 2. The highest BCUT2D eigenvalue weighted by Gasteiger charge is 2.24. The first-order chi connectivity index (χ1) is 41.8. The smallest absolute Gasteiger partial charge is 0.321 e. The molecule has 5 heterocycles. The number of halogens is 2. The van der Waals surface area contributed by atoms with Gasteiger partial charge in [-0.2, -0.15) is 0 Å². The Bertz CT molecular complexity index is 4200. The van der Waals surface area contributed by atoms with E-state index in [4.69, 9.17) is 42.1 Å². The number of nitrogens with zero attached hydrogens (tertiary/aromatic N) is 4. The van der Waals surface area contributed by atoms with Gasteiger partial charge in [-0.1, -0.05) is 96.0 Å². The van der Waals surface area contributed by atoms with Crippen LogP contribution in [0, 0.1) is 13.8 Å². The third kappa shape index (κ3) is 13.9. The van der Waals surface area contributed by atoms with Crippen LogP contribution < -0.4 is 29.6 Å². The average Bonchev–Trinajstić information content (AvgIpc) is 4.33. The number of aromatic nitrogens is 4. The third-order valence-corrected chi connectivity index (χ3v) is 16.0. The number of aromatic amines is 2. The van der Waals surface area contributed by atoms with Gasteiger partial charge in [0.05, 0.1) is 22.3 Å². The van der Waals surface area contributed by atoms with E-state index in [0.29, 0.717) is 50.7 Å². The number of benzene rings is 6. The van der Waals surface area contributed by atoms with Crippen molar-refractivity contribution in [2.75, 3.05) is 13.6 Å². The summed E-state index contributed by atoms with van der Waals surface area (Å²) < 4.78 is 26.0. The number of ether oxygens (including phenoxy) is 4. The number of fused-ring (bicyclic) bond motifs is 2. The van der Waals surface area contributed by atoms with Gasteiger partial charge in [0.15, 0.2) is 0 Å². The van der Waals surface area contributed by atoms with Gasteiger partial charge >= 0.3 is 11.9 Å². The predicted molar refractivity (Wildman–Crippen MR) is 336 cm³/mol. The quantitative estimate of drug-likeness (QED) is 0.0265. The van der Waals surface area contributed by atoms with E-state index in [-0.39, 0.29) is 52.4 Å². The van der Waals surface area contributed by atoms with Crippen LogP contribution in [0.5, 0.6) is 23.0 Å². The number of carbonyl (C=O) groups is 2. The van der Waals surface area contributed by atoms with Gasteiger partial charge < -0.3 is 39.1 Å². The monoisotopic (exact) mass is 1190 g/mol. The molecule has 10 aromatic rings. The Balaban J connectivity index is 0.800. The second-order valence-electron chi connectivity index (χ2n) is 21.1. The lowest BCUT2D eigenvalue weighted by Crippen LogP contribution is -2.38. The van der Waals surface area contributed by atoms with E-state index >= 15 is 0 Å². The molecule has 86 heavy (non-hydrogen) atoms. The van der Waals surface area contributed by atoms with Gasteiger partial charge in [0.25, 0.3) is 0 Å². The van der Waals surface area contributed by atoms with Crippen LogP contribution in [0.15, 0.2) is 168 Å². The summed E-state index contributed by atoms with van der Waals surface area (Å²) in [6, 6.07) is 37.0. The standard InChI is InChI=1S/C68H62Cl2N8O8/c1-40-45(38-85-65-24-63(83-36-43-18-42(26-71-3)27-72-28-43)50(20-56(65)69)33-76-60(67(79)80)22-47-31-74-58-16-6-4-12-54(47)58)10-8-14-52(40)53-15-9-11-46(41(53)2)39-86-66-25-64(84-37-44-19-49(30-73-29-44)62-35-78-62)51(21-57(66)70)34-77-61(68(81)82)23-48-32-75-59-17-7-5-13-55(48)59/h4-21,24-32,60-61,74-77H,22-23,33-39H2,1-3H3,(H,79,80)(H,81,82)/b71-26+. The fourth-order valence-electron chi connectivity index (χ4n) is 10.6. The van der Waals surface area contributed by atoms with E-state index < -0.39 is 24.0 Å². The molecule has 0 bridgehead atoms. The molecule has 1 aliphatic rings. The highest BCUT2D eigenvalue weighted by atomic mass is 35.5. The molecule has 6 aromatic carbocycles. The zero-order valence-electron chi connectivity index (χ0n) is 47.5. The lowest BCUT2D eigenvalue weighted by atomic mass is 9.92. The molecule has 0 fully saturated rings. The van der Waals surface area contributed by atoms with Gasteiger partial charge in [-0.3, -0.25) is 40.2 Å². The molecule has 6 N–H and O–H groups in total. The molecule has 2 unspecified atom stereocenters. The zero-order valence-corrected chi connectivity index (χ0v) is 49.0. The van der Waals surface area contributed by atoms with Crippen LogP contribution in [-0.4, -0.2) is 79.7 Å². The SMILES string of the molecule is C/N=C/c1cncc(COc2cc(OCc3cccc(-c4cccc(COc5cc(OCc6cncc(C7=NC7)c6)c(CNC(Cc6c[nH]c7ccccc67)C(=O)O)cc5Cl)c4C)c3C)c(Cl)cc2CNC(Cc2c[nH]c3ccccc23)C(=O)O)c1. The van der Waals surface area contributed by atoms with Crippen LogP contribution in [0.1, 0.15) is 66.8 Å². The van der Waals surface area contributed by atoms with Crippen molar-refractivity contribution < 1.29 is 38.7 Å². The number of para-hydroxylation sites is 2. The summed E-state index contributed by atoms with van der Waals surface area (Å²) in [5.74, 6) is -0.243. The minimum absolute atomic E-state index is 0.141. The van der Waals surface area contributed by atoms with E-state index in [1.807, 2.05) is 97.3 Å². The van der Waals surface area contributed by atoms with Crippen LogP contribution in [0.25, 0.3) is 32.9 Å². The second kappa shape index (κ2) is 26.7. The lowest BCUT2D eigenvalue weighted by molar-refractivity contribution is -0.140. The number of carboxylic acids is 2. The summed E-state index contributed by atoms with van der Waals surface area (Å²) in [6.45, 7) is 5.82. The summed E-state index contributed by atoms with van der Waals surface area (Å²) >= 11 is 14.1. The number of nitrogens with one attached hydrogen (secondary N) is 4. The first kappa shape index (κ1) is 58.5. The van der Waals surface area contributed by atoms with Gasteiger partial charge in [0, 0.05) is 144 Å². The molecule has 0 aliphatic carbocycles. The number of aliphatic imine (C=N–C) groups is 2. The lowest BCUT2D eigenvalue weighted by Gasteiger charge is -2.20. The predicted octanol–water partition coefficient (Wildman–Crippen LogP) is 12.8. The number of aliphatic carboxylic acids is 2. The molecule has 1 aliphatic heterocycles. The summed E-state index contributed by atoms with van der Waals surface area (Å²) in [5.41, 5.74) is 15.3. The highest BCUT2D eigenvalue weighted by Crippen LogP contribution is 2.38. The largest absolute Gasteiger partial charge is 0.488 e. The second-order valence-corrected chi connectivity index (χ2v) is 22.0. The number of hydrogen-bond donors (Lipinski definition) is 6. The molecule has 11 rings (SSSR count). The van der Waals surface area contributed by atoms with E-state index in [0.717, 1.165) is 94.3 Å². The van der Waals surface area contributed by atoms with Gasteiger partial charge in [-0.15, -0.1) is 0 Å². The van der Waals surface area contributed by atoms with Crippen molar-refractivity contribution in [3.05, 3.63) is 235 Å². The Labute approximate surface area is 506 Å². The number of hydrogen-bond acceptors (Lipinski definition) is 12. The Morgan fingerprint density at radius 2 is 1.06 bits per heavy atom. The highest BCUT2D eigenvalue weighted by molar-refractivity contribution is 6.32. The Kier molecular flexibility index (Phi) is 18.2. The molecule has 0 amide bonds. The maximum absolute atomic E-state index is 12.7. The Morgan fingerprint density at radius 3 is 1.55 bits per heavy atom. The number of rotatable bonds is 27. The van der Waals surface area contributed by atoms with Crippen LogP contribution in [0.2, 0.25) is 10.0 Å². The average molecular weight is 1190 g/mol. The van der Waals surface area contributed by atoms with Gasteiger partial charge in [-0.25, -0.2) is 0 Å². The molecule has 0 radical (unpaired) electrons. The van der Waals surface area contributed by atoms with Crippen LogP contribution >= 0.6 is 23.2 Å². The van der Waals surface area contributed by atoms with Crippen molar-refractivity contribution >= 4 is 68.9 Å². The summed E-state index contributed by atoms with van der Waals surface area (Å²) in [5, 5.41) is 29.8. The molecule has 18 heteroatoms. The van der Waals surface area contributed by atoms with Crippen LogP contribution in [0.3, 0.4) is 0 Å². The fourth-order valence-corrected chi connectivity index (χ4v) is 11.0. The minimum atomic E-state index is -0.987. The molecule has 4 aromatic heterocycles. The summed E-state index contributed by atoms with van der Waals surface area (Å²) in [7, 11) is 1.70. The van der Waals surface area contributed by atoms with Crippen molar-refractivity contribution in [3.8, 4) is 34.1 Å². The van der Waals surface area contributed by atoms with Gasteiger partial charge in [0.2, 0.25) is 0 Å².